The summed E-state index contributed by atoms with van der Waals surface area (Å²) in [4.78, 5) is 12.1. The number of hydrazone groups is 1. The normalized spacial score (nSPS) is 12.3. The molecule has 0 bridgehead atoms. The van der Waals surface area contributed by atoms with Crippen LogP contribution in [0.2, 0.25) is 0 Å². The van der Waals surface area contributed by atoms with Gasteiger partial charge in [0.15, 0.2) is 5.75 Å². The van der Waals surface area contributed by atoms with E-state index in [2.05, 4.69) is 5.10 Å². The zero-order chi connectivity index (χ0) is 21.3. The minimum Gasteiger partial charge on any atom is -0.507 e. The summed E-state index contributed by atoms with van der Waals surface area (Å²) < 4.78 is 25.2. The fraction of sp³-hybridized carbons (Fsp3) is 0.278. The van der Waals surface area contributed by atoms with E-state index in [4.69, 9.17) is 0 Å². The Bertz CT molecular complexity index is 1060. The van der Waals surface area contributed by atoms with Crippen LogP contribution in [0.15, 0.2) is 40.3 Å². The molecule has 2 aromatic carbocycles. The molecule has 0 heterocycles. The maximum atomic E-state index is 12.6. The number of phenolic OH excluding ortho intramolecular Hbond substituents is 2. The number of hydrogen-bond donors (Lipinski definition) is 3. The Balaban J connectivity index is 2.34. The van der Waals surface area contributed by atoms with E-state index >= 15 is 0 Å². The van der Waals surface area contributed by atoms with Gasteiger partial charge in [0.25, 0.3) is 10.0 Å². The SMILES string of the molecule is Cc1ccc(C(C)(C)C)cc1S(=O)(=O)N/N=C/c1cc([N+](=O)[O-])c(O)cc1O. The Morgan fingerprint density at radius 2 is 1.79 bits per heavy atom. The van der Waals surface area contributed by atoms with Crippen molar-refractivity contribution in [3.05, 3.63) is 57.1 Å². The molecule has 0 amide bonds. The summed E-state index contributed by atoms with van der Waals surface area (Å²) in [5, 5.41) is 33.7. The molecule has 9 nitrogen and oxygen atoms in total. The van der Waals surface area contributed by atoms with Gasteiger partial charge in [-0.2, -0.15) is 13.5 Å². The highest BCUT2D eigenvalue weighted by molar-refractivity contribution is 7.89. The molecule has 0 aliphatic rings. The summed E-state index contributed by atoms with van der Waals surface area (Å²) in [5.74, 6) is -1.20. The number of nitro groups is 1. The van der Waals surface area contributed by atoms with Crippen molar-refractivity contribution in [3.63, 3.8) is 0 Å². The Labute approximate surface area is 162 Å². The van der Waals surface area contributed by atoms with Gasteiger partial charge in [-0.25, -0.2) is 4.83 Å². The number of benzene rings is 2. The summed E-state index contributed by atoms with van der Waals surface area (Å²) in [6.45, 7) is 7.53. The van der Waals surface area contributed by atoms with E-state index in [1.54, 1.807) is 19.1 Å². The Kier molecular flexibility index (Phi) is 5.64. The van der Waals surface area contributed by atoms with E-state index in [1.165, 1.54) is 0 Å². The molecule has 28 heavy (non-hydrogen) atoms. The smallest absolute Gasteiger partial charge is 0.311 e. The number of aryl methyl sites for hydroxylation is 1. The highest BCUT2D eigenvalue weighted by Crippen LogP contribution is 2.32. The van der Waals surface area contributed by atoms with Crippen molar-refractivity contribution in [3.8, 4) is 11.5 Å². The Morgan fingerprint density at radius 3 is 2.36 bits per heavy atom. The first-order valence-electron chi connectivity index (χ1n) is 8.19. The molecule has 0 saturated carbocycles. The first-order valence-corrected chi connectivity index (χ1v) is 9.67. The summed E-state index contributed by atoms with van der Waals surface area (Å²) in [5.41, 5.74) is 0.328. The minimum atomic E-state index is -4.00. The van der Waals surface area contributed by atoms with Gasteiger partial charge in [0, 0.05) is 17.7 Å². The Hall–Kier alpha value is -3.14. The third-order valence-electron chi connectivity index (χ3n) is 4.04. The van der Waals surface area contributed by atoms with Crippen LogP contribution < -0.4 is 4.83 Å². The van der Waals surface area contributed by atoms with Gasteiger partial charge in [0.2, 0.25) is 0 Å². The van der Waals surface area contributed by atoms with Crippen LogP contribution in [0, 0.1) is 17.0 Å². The molecule has 3 N–H and O–H groups in total. The van der Waals surface area contributed by atoms with Crippen molar-refractivity contribution in [2.45, 2.75) is 38.0 Å². The first kappa shape index (κ1) is 21.2. The lowest BCUT2D eigenvalue weighted by molar-refractivity contribution is -0.385. The third kappa shape index (κ3) is 4.58. The average molecular weight is 407 g/mol. The molecule has 10 heteroatoms. The van der Waals surface area contributed by atoms with Crippen LogP contribution in [0.5, 0.6) is 11.5 Å². The molecular weight excluding hydrogens is 386 g/mol. The minimum absolute atomic E-state index is 0.0537. The molecule has 0 radical (unpaired) electrons. The summed E-state index contributed by atoms with van der Waals surface area (Å²) in [6.07, 6.45) is 0.919. The van der Waals surface area contributed by atoms with Gasteiger partial charge >= 0.3 is 5.69 Å². The molecule has 0 atom stereocenters. The van der Waals surface area contributed by atoms with E-state index < -0.39 is 32.1 Å². The molecule has 0 spiro atoms. The second-order valence-electron chi connectivity index (χ2n) is 7.24. The molecule has 0 aliphatic carbocycles. The fourth-order valence-electron chi connectivity index (χ4n) is 2.40. The number of nitro benzene ring substituents is 1. The molecule has 2 aromatic rings. The number of nitrogens with one attached hydrogen (secondary N) is 1. The number of rotatable bonds is 5. The topological polar surface area (TPSA) is 142 Å². The molecule has 2 rings (SSSR count). The molecule has 0 saturated heterocycles. The van der Waals surface area contributed by atoms with Crippen LogP contribution in [0.3, 0.4) is 0 Å². The maximum Gasteiger partial charge on any atom is 0.311 e. The summed E-state index contributed by atoms with van der Waals surface area (Å²) in [7, 11) is -4.00. The van der Waals surface area contributed by atoms with Crippen molar-refractivity contribution >= 4 is 21.9 Å². The molecule has 0 unspecified atom stereocenters. The van der Waals surface area contributed by atoms with Gasteiger partial charge in [0.1, 0.15) is 5.75 Å². The summed E-state index contributed by atoms with van der Waals surface area (Å²) in [6, 6.07) is 6.79. The van der Waals surface area contributed by atoms with Gasteiger partial charge < -0.3 is 10.2 Å². The number of aromatic hydroxyl groups is 2. The lowest BCUT2D eigenvalue weighted by atomic mass is 9.87. The van der Waals surface area contributed by atoms with Crippen LogP contribution in [-0.2, 0) is 15.4 Å². The van der Waals surface area contributed by atoms with Crippen LogP contribution in [0.4, 0.5) is 5.69 Å². The summed E-state index contributed by atoms with van der Waals surface area (Å²) >= 11 is 0. The van der Waals surface area contributed by atoms with Crippen LogP contribution in [0.25, 0.3) is 0 Å². The van der Waals surface area contributed by atoms with Gasteiger partial charge in [-0.05, 0) is 29.5 Å². The van der Waals surface area contributed by atoms with E-state index in [9.17, 15) is 28.7 Å². The van der Waals surface area contributed by atoms with Gasteiger partial charge in [0.05, 0.1) is 16.0 Å². The van der Waals surface area contributed by atoms with Crippen molar-refractivity contribution in [2.24, 2.45) is 5.10 Å². The van der Waals surface area contributed by atoms with E-state index in [1.807, 2.05) is 31.7 Å². The first-order chi connectivity index (χ1) is 12.8. The van der Waals surface area contributed by atoms with Crippen LogP contribution in [-0.4, -0.2) is 29.8 Å². The van der Waals surface area contributed by atoms with Crippen molar-refractivity contribution in [2.75, 3.05) is 0 Å². The second kappa shape index (κ2) is 7.47. The monoisotopic (exact) mass is 407 g/mol. The zero-order valence-corrected chi connectivity index (χ0v) is 16.6. The average Bonchev–Trinajstić information content (AvgIpc) is 2.55. The standard InChI is InChI=1S/C18H21N3O6S/c1-11-5-6-13(18(2,3)4)8-17(11)28(26,27)20-19-10-12-7-14(21(24)25)16(23)9-15(12)22/h5-10,20,22-23H,1-4H3/b19-10+. The zero-order valence-electron chi connectivity index (χ0n) is 15.8. The second-order valence-corrected chi connectivity index (χ2v) is 8.87. The Morgan fingerprint density at radius 1 is 1.14 bits per heavy atom. The van der Waals surface area contributed by atoms with Gasteiger partial charge in [-0.3, -0.25) is 10.1 Å². The molecule has 0 aliphatic heterocycles. The van der Waals surface area contributed by atoms with Gasteiger partial charge in [-0.15, -0.1) is 0 Å². The number of hydrogen-bond acceptors (Lipinski definition) is 7. The predicted molar refractivity (Wildman–Crippen MR) is 104 cm³/mol. The molecule has 0 aromatic heterocycles. The lowest BCUT2D eigenvalue weighted by Crippen LogP contribution is -2.21. The largest absolute Gasteiger partial charge is 0.507 e. The van der Waals surface area contributed by atoms with Crippen molar-refractivity contribution in [1.82, 2.24) is 4.83 Å². The fourth-order valence-corrected chi connectivity index (χ4v) is 3.47. The van der Waals surface area contributed by atoms with Crippen LogP contribution >= 0.6 is 0 Å². The highest BCUT2D eigenvalue weighted by Gasteiger charge is 2.21. The number of nitrogens with zero attached hydrogens (tertiary/aromatic N) is 2. The predicted octanol–water partition coefficient (Wildman–Crippen LogP) is 2.92. The highest BCUT2D eigenvalue weighted by atomic mass is 32.2. The lowest BCUT2D eigenvalue weighted by Gasteiger charge is -2.20. The third-order valence-corrected chi connectivity index (χ3v) is 5.41. The van der Waals surface area contributed by atoms with Crippen molar-refractivity contribution < 1.29 is 23.6 Å². The molecular formula is C18H21N3O6S. The quantitative estimate of drug-likeness (QED) is 0.395. The van der Waals surface area contributed by atoms with E-state index in [-0.39, 0.29) is 15.9 Å². The maximum absolute atomic E-state index is 12.6. The molecule has 0 fully saturated rings. The van der Waals surface area contributed by atoms with E-state index in [0.717, 1.165) is 23.9 Å². The molecule has 150 valence electrons. The van der Waals surface area contributed by atoms with Gasteiger partial charge in [-0.1, -0.05) is 32.9 Å². The van der Waals surface area contributed by atoms with E-state index in [0.29, 0.717) is 5.56 Å². The van der Waals surface area contributed by atoms with Crippen LogP contribution in [0.1, 0.15) is 37.5 Å². The van der Waals surface area contributed by atoms with Crippen molar-refractivity contribution in [1.29, 1.82) is 0 Å². The number of sulfonamides is 1. The number of phenols is 2.